The lowest BCUT2D eigenvalue weighted by Crippen LogP contribution is -2.57. The number of hydrogen-bond acceptors (Lipinski definition) is 6. The van der Waals surface area contributed by atoms with Crippen molar-refractivity contribution < 1.29 is 23.9 Å². The van der Waals surface area contributed by atoms with Gasteiger partial charge in [-0.3, -0.25) is 24.1 Å². The van der Waals surface area contributed by atoms with Crippen molar-refractivity contribution in [1.82, 2.24) is 15.1 Å². The quantitative estimate of drug-likeness (QED) is 0.575. The summed E-state index contributed by atoms with van der Waals surface area (Å²) in [6, 6.07) is 6.15. The molecule has 2 N–H and O–H groups in total. The number of amides is 3. The molecule has 3 amide bonds. The van der Waals surface area contributed by atoms with Gasteiger partial charge in [-0.15, -0.1) is 0 Å². The first-order chi connectivity index (χ1) is 16.0. The average Bonchev–Trinajstić information content (AvgIpc) is 3.09. The monoisotopic (exact) mass is 458 g/mol. The number of carbonyl (C=O) groups is 4. The number of rotatable bonds is 8. The molecule has 0 spiro atoms. The van der Waals surface area contributed by atoms with E-state index in [4.69, 9.17) is 4.74 Å². The zero-order chi connectivity index (χ0) is 23.6. The van der Waals surface area contributed by atoms with Gasteiger partial charge in [0, 0.05) is 37.4 Å². The van der Waals surface area contributed by atoms with Crippen LogP contribution < -0.4 is 10.6 Å². The number of nitrogens with one attached hydrogen (secondary N) is 2. The summed E-state index contributed by atoms with van der Waals surface area (Å²) in [6.45, 7) is 4.64. The van der Waals surface area contributed by atoms with Crippen LogP contribution in [0.4, 0.5) is 5.69 Å². The highest BCUT2D eigenvalue weighted by Crippen LogP contribution is 2.16. The first-order valence-electron chi connectivity index (χ1n) is 11.8. The van der Waals surface area contributed by atoms with Crippen LogP contribution in [-0.4, -0.2) is 78.9 Å². The average molecular weight is 459 g/mol. The van der Waals surface area contributed by atoms with Gasteiger partial charge in [-0.2, -0.15) is 0 Å². The summed E-state index contributed by atoms with van der Waals surface area (Å²) in [5.41, 5.74) is 1.18. The third kappa shape index (κ3) is 7.28. The summed E-state index contributed by atoms with van der Waals surface area (Å²) >= 11 is 0. The van der Waals surface area contributed by atoms with E-state index < -0.39 is 12.0 Å². The molecule has 2 heterocycles. The minimum Gasteiger partial charge on any atom is -0.466 e. The highest BCUT2D eigenvalue weighted by molar-refractivity contribution is 5.96. The van der Waals surface area contributed by atoms with Crippen molar-refractivity contribution in [3.63, 3.8) is 0 Å². The van der Waals surface area contributed by atoms with Crippen LogP contribution in [0.25, 0.3) is 0 Å². The van der Waals surface area contributed by atoms with Crippen molar-refractivity contribution in [2.45, 2.75) is 51.5 Å². The molecule has 180 valence electrons. The minimum absolute atomic E-state index is 0.0202. The van der Waals surface area contributed by atoms with Gasteiger partial charge in [0.25, 0.3) is 5.91 Å². The first kappa shape index (κ1) is 24.7. The Morgan fingerprint density at radius 1 is 1.06 bits per heavy atom. The zero-order valence-corrected chi connectivity index (χ0v) is 19.3. The van der Waals surface area contributed by atoms with Crippen LogP contribution in [0.2, 0.25) is 0 Å². The number of likely N-dealkylation sites (tertiary alicyclic amines) is 1. The molecule has 3 rings (SSSR count). The molecule has 1 unspecified atom stereocenters. The van der Waals surface area contributed by atoms with E-state index in [2.05, 4.69) is 10.6 Å². The Labute approximate surface area is 194 Å². The van der Waals surface area contributed by atoms with Crippen molar-refractivity contribution in [3.8, 4) is 0 Å². The molecule has 1 atom stereocenters. The molecule has 2 aliphatic rings. The number of esters is 1. The van der Waals surface area contributed by atoms with E-state index in [1.54, 1.807) is 29.2 Å². The summed E-state index contributed by atoms with van der Waals surface area (Å²) < 4.78 is 5.10. The lowest BCUT2D eigenvalue weighted by atomic mass is 10.1. The van der Waals surface area contributed by atoms with E-state index >= 15 is 0 Å². The standard InChI is InChI=1S/C24H34N4O5/c1-2-15-33-22(30)16-20-23(31)25-11-14-28(20)17-21(29)26-19-9-7-18(8-10-19)24(32)27-12-5-3-4-6-13-27/h7-10,20H,2-6,11-17H2,1H3,(H,25,31)(H,26,29). The van der Waals surface area contributed by atoms with Gasteiger partial charge in [-0.05, 0) is 43.5 Å². The van der Waals surface area contributed by atoms with Gasteiger partial charge in [-0.1, -0.05) is 19.8 Å². The minimum atomic E-state index is -0.734. The van der Waals surface area contributed by atoms with E-state index in [0.717, 1.165) is 38.8 Å². The summed E-state index contributed by atoms with van der Waals surface area (Å²) in [7, 11) is 0. The van der Waals surface area contributed by atoms with Crippen molar-refractivity contribution >= 4 is 29.4 Å². The third-order valence-electron chi connectivity index (χ3n) is 5.92. The van der Waals surface area contributed by atoms with Gasteiger partial charge in [0.05, 0.1) is 19.6 Å². The van der Waals surface area contributed by atoms with Crippen molar-refractivity contribution in [2.24, 2.45) is 0 Å². The van der Waals surface area contributed by atoms with E-state index in [9.17, 15) is 19.2 Å². The van der Waals surface area contributed by atoms with E-state index in [-0.39, 0.29) is 30.7 Å². The van der Waals surface area contributed by atoms with Crippen LogP contribution >= 0.6 is 0 Å². The first-order valence-corrected chi connectivity index (χ1v) is 11.8. The van der Waals surface area contributed by atoms with Crippen molar-refractivity contribution in [3.05, 3.63) is 29.8 Å². The molecule has 2 fully saturated rings. The SMILES string of the molecule is CCCOC(=O)CC1C(=O)NCCN1CC(=O)Nc1ccc(C(=O)N2CCCCCC2)cc1. The van der Waals surface area contributed by atoms with Crippen LogP contribution in [-0.2, 0) is 19.1 Å². The largest absolute Gasteiger partial charge is 0.466 e. The fourth-order valence-corrected chi connectivity index (χ4v) is 4.14. The number of piperazine rings is 1. The molecular weight excluding hydrogens is 424 g/mol. The lowest BCUT2D eigenvalue weighted by Gasteiger charge is -2.33. The summed E-state index contributed by atoms with van der Waals surface area (Å²) in [6.07, 6.45) is 5.00. The Kier molecular flexibility index (Phi) is 9.24. The summed E-state index contributed by atoms with van der Waals surface area (Å²) in [5.74, 6) is -0.997. The molecule has 1 aromatic carbocycles. The molecule has 0 saturated carbocycles. The number of carbonyl (C=O) groups excluding carboxylic acids is 4. The lowest BCUT2D eigenvalue weighted by molar-refractivity contribution is -0.148. The highest BCUT2D eigenvalue weighted by Gasteiger charge is 2.33. The normalized spacial score (nSPS) is 19.4. The van der Waals surface area contributed by atoms with Crippen LogP contribution in [0.3, 0.4) is 0 Å². The van der Waals surface area contributed by atoms with Crippen LogP contribution in [0, 0.1) is 0 Å². The Balaban J connectivity index is 1.54. The predicted octanol–water partition coefficient (Wildman–Crippen LogP) is 1.79. The Bertz CT molecular complexity index is 834. The van der Waals surface area contributed by atoms with Gasteiger partial charge in [-0.25, -0.2) is 0 Å². The number of anilines is 1. The summed E-state index contributed by atoms with van der Waals surface area (Å²) in [4.78, 5) is 53.2. The fourth-order valence-electron chi connectivity index (χ4n) is 4.14. The fraction of sp³-hybridized carbons (Fsp3) is 0.583. The molecular formula is C24H34N4O5. The van der Waals surface area contributed by atoms with Crippen LogP contribution in [0.1, 0.15) is 55.8 Å². The smallest absolute Gasteiger partial charge is 0.307 e. The molecule has 9 nitrogen and oxygen atoms in total. The predicted molar refractivity (Wildman–Crippen MR) is 124 cm³/mol. The number of hydrogen-bond donors (Lipinski definition) is 2. The Morgan fingerprint density at radius 2 is 1.76 bits per heavy atom. The van der Waals surface area contributed by atoms with Crippen molar-refractivity contribution in [1.29, 1.82) is 0 Å². The number of benzene rings is 1. The molecule has 9 heteroatoms. The van der Waals surface area contributed by atoms with E-state index in [0.29, 0.717) is 37.4 Å². The number of ether oxygens (including phenoxy) is 1. The molecule has 1 aromatic rings. The van der Waals surface area contributed by atoms with Gasteiger partial charge < -0.3 is 20.3 Å². The summed E-state index contributed by atoms with van der Waals surface area (Å²) in [5, 5.41) is 5.55. The molecule has 2 aliphatic heterocycles. The maximum atomic E-state index is 12.7. The molecule has 0 bridgehead atoms. The van der Waals surface area contributed by atoms with E-state index in [1.807, 2.05) is 11.8 Å². The van der Waals surface area contributed by atoms with Crippen molar-refractivity contribution in [2.75, 3.05) is 44.6 Å². The Morgan fingerprint density at radius 3 is 2.42 bits per heavy atom. The van der Waals surface area contributed by atoms with E-state index in [1.165, 1.54) is 0 Å². The molecule has 0 aromatic heterocycles. The van der Waals surface area contributed by atoms with Gasteiger partial charge >= 0.3 is 5.97 Å². The second kappa shape index (κ2) is 12.3. The molecule has 0 aliphatic carbocycles. The second-order valence-electron chi connectivity index (χ2n) is 8.53. The van der Waals surface area contributed by atoms with Crippen LogP contribution in [0.5, 0.6) is 0 Å². The maximum Gasteiger partial charge on any atom is 0.307 e. The van der Waals surface area contributed by atoms with Gasteiger partial charge in [0.2, 0.25) is 11.8 Å². The second-order valence-corrected chi connectivity index (χ2v) is 8.53. The van der Waals surface area contributed by atoms with Crippen LogP contribution in [0.15, 0.2) is 24.3 Å². The van der Waals surface area contributed by atoms with Gasteiger partial charge in [0.15, 0.2) is 0 Å². The zero-order valence-electron chi connectivity index (χ0n) is 19.3. The third-order valence-corrected chi connectivity index (χ3v) is 5.92. The number of nitrogens with zero attached hydrogens (tertiary/aromatic N) is 2. The molecule has 33 heavy (non-hydrogen) atoms. The Hall–Kier alpha value is -2.94. The maximum absolute atomic E-state index is 12.7. The van der Waals surface area contributed by atoms with Gasteiger partial charge in [0.1, 0.15) is 6.04 Å². The molecule has 0 radical (unpaired) electrons. The topological polar surface area (TPSA) is 108 Å². The highest BCUT2D eigenvalue weighted by atomic mass is 16.5. The molecule has 2 saturated heterocycles.